The molecule has 0 saturated carbocycles. The lowest BCUT2D eigenvalue weighted by atomic mass is 10.1. The number of amides is 2. The number of benzene rings is 2. The fourth-order valence-corrected chi connectivity index (χ4v) is 4.97. The Hall–Kier alpha value is -4.35. The number of hydrogen-bond acceptors (Lipinski definition) is 10. The van der Waals surface area contributed by atoms with Gasteiger partial charge in [0.25, 0.3) is 11.8 Å². The molecule has 0 radical (unpaired) electrons. The van der Waals surface area contributed by atoms with Crippen molar-refractivity contribution < 1.29 is 47.5 Å². The van der Waals surface area contributed by atoms with Crippen molar-refractivity contribution in [2.75, 3.05) is 68.9 Å². The molecule has 3 rings (SSSR count). The predicted octanol–water partition coefficient (Wildman–Crippen LogP) is 3.83. The smallest absolute Gasteiger partial charge is 0.330 e. The Morgan fingerprint density at radius 1 is 0.674 bits per heavy atom. The van der Waals surface area contributed by atoms with Crippen molar-refractivity contribution in [2.24, 2.45) is 0 Å². The highest BCUT2D eigenvalue weighted by atomic mass is 16.5. The van der Waals surface area contributed by atoms with Crippen molar-refractivity contribution in [3.05, 3.63) is 35.4 Å². The SMILES string of the molecule is CCCCCCOC(=O)C1CN(C(=O)c2cc(OC)c(OC)c(OC)c2)CCN1C(=O)c1cc(OC)c(OC)c(OC)c1. The molecule has 12 nitrogen and oxygen atoms in total. The number of ether oxygens (including phenoxy) is 7. The number of carbonyl (C=O) groups excluding carboxylic acids is 3. The van der Waals surface area contributed by atoms with Gasteiger partial charge in [0, 0.05) is 24.2 Å². The van der Waals surface area contributed by atoms with Gasteiger partial charge in [-0.05, 0) is 30.7 Å². The Kier molecular flexibility index (Phi) is 12.2. The minimum absolute atomic E-state index is 0.0700. The van der Waals surface area contributed by atoms with Crippen LogP contribution in [0.4, 0.5) is 0 Å². The molecule has 236 valence electrons. The molecule has 43 heavy (non-hydrogen) atoms. The highest BCUT2D eigenvalue weighted by Crippen LogP contribution is 2.40. The normalized spacial score (nSPS) is 14.5. The van der Waals surface area contributed by atoms with E-state index in [4.69, 9.17) is 33.2 Å². The van der Waals surface area contributed by atoms with Gasteiger partial charge in [0.15, 0.2) is 23.0 Å². The Balaban J connectivity index is 1.93. The Morgan fingerprint density at radius 2 is 1.16 bits per heavy atom. The van der Waals surface area contributed by atoms with Gasteiger partial charge in [0.1, 0.15) is 6.04 Å². The summed E-state index contributed by atoms with van der Waals surface area (Å²) >= 11 is 0. The standard InChI is InChI=1S/C31H42N2O10/c1-8-9-10-11-14-43-31(36)22-19-32(29(34)20-15-23(37-2)27(41-6)24(16-20)38-3)12-13-33(22)30(35)21-17-25(39-4)28(42-7)26(18-21)40-5/h15-18,22H,8-14,19H2,1-7H3. The Bertz CT molecular complexity index is 1230. The molecular weight excluding hydrogens is 560 g/mol. The predicted molar refractivity (Wildman–Crippen MR) is 158 cm³/mol. The van der Waals surface area contributed by atoms with Crippen molar-refractivity contribution in [1.29, 1.82) is 0 Å². The third-order valence-electron chi connectivity index (χ3n) is 7.27. The molecule has 0 aromatic heterocycles. The van der Waals surface area contributed by atoms with E-state index in [0.29, 0.717) is 40.9 Å². The molecule has 1 atom stereocenters. The minimum Gasteiger partial charge on any atom is -0.493 e. The topological polar surface area (TPSA) is 122 Å². The van der Waals surface area contributed by atoms with Crippen LogP contribution in [0.5, 0.6) is 34.5 Å². The third kappa shape index (κ3) is 7.54. The van der Waals surface area contributed by atoms with E-state index in [1.54, 1.807) is 12.1 Å². The summed E-state index contributed by atoms with van der Waals surface area (Å²) in [7, 11) is 8.79. The molecule has 12 heteroatoms. The fraction of sp³-hybridized carbons (Fsp3) is 0.516. The van der Waals surface area contributed by atoms with Gasteiger partial charge < -0.3 is 43.0 Å². The second-order valence-corrected chi connectivity index (χ2v) is 9.82. The first-order valence-corrected chi connectivity index (χ1v) is 14.1. The fourth-order valence-electron chi connectivity index (χ4n) is 4.97. The summed E-state index contributed by atoms with van der Waals surface area (Å²) in [5, 5.41) is 0. The molecular formula is C31H42N2O10. The van der Waals surface area contributed by atoms with Crippen LogP contribution in [0.25, 0.3) is 0 Å². The van der Waals surface area contributed by atoms with E-state index in [0.717, 1.165) is 19.3 Å². The van der Waals surface area contributed by atoms with Gasteiger partial charge in [0.2, 0.25) is 11.5 Å². The minimum atomic E-state index is -1.04. The second kappa shape index (κ2) is 15.8. The molecule has 0 bridgehead atoms. The monoisotopic (exact) mass is 602 g/mol. The van der Waals surface area contributed by atoms with E-state index in [-0.39, 0.29) is 43.3 Å². The molecule has 1 unspecified atom stereocenters. The number of nitrogens with zero attached hydrogens (tertiary/aromatic N) is 2. The van der Waals surface area contributed by atoms with Crippen LogP contribution in [-0.2, 0) is 9.53 Å². The van der Waals surface area contributed by atoms with Crippen LogP contribution in [0.3, 0.4) is 0 Å². The molecule has 2 aromatic carbocycles. The Labute approximate surface area is 252 Å². The summed E-state index contributed by atoms with van der Waals surface area (Å²) in [4.78, 5) is 43.9. The van der Waals surface area contributed by atoms with E-state index in [9.17, 15) is 14.4 Å². The molecule has 2 aromatic rings. The summed E-state index contributed by atoms with van der Waals surface area (Å²) in [6.45, 7) is 2.51. The van der Waals surface area contributed by atoms with Gasteiger partial charge >= 0.3 is 5.97 Å². The zero-order chi connectivity index (χ0) is 31.5. The zero-order valence-electron chi connectivity index (χ0n) is 26.0. The highest BCUT2D eigenvalue weighted by Gasteiger charge is 2.39. The van der Waals surface area contributed by atoms with Crippen LogP contribution >= 0.6 is 0 Å². The average Bonchev–Trinajstić information content (AvgIpc) is 3.05. The summed E-state index contributed by atoms with van der Waals surface area (Å²) < 4.78 is 38.0. The van der Waals surface area contributed by atoms with Crippen LogP contribution in [0.2, 0.25) is 0 Å². The maximum absolute atomic E-state index is 13.9. The number of piperazine rings is 1. The number of unbranched alkanes of at least 4 members (excludes halogenated alkanes) is 3. The number of hydrogen-bond donors (Lipinski definition) is 0. The molecule has 2 amide bonds. The number of rotatable bonds is 14. The van der Waals surface area contributed by atoms with E-state index < -0.39 is 17.9 Å². The first-order chi connectivity index (χ1) is 20.8. The largest absolute Gasteiger partial charge is 0.493 e. The van der Waals surface area contributed by atoms with Crippen molar-refractivity contribution in [3.63, 3.8) is 0 Å². The van der Waals surface area contributed by atoms with Gasteiger partial charge in [-0.3, -0.25) is 9.59 Å². The van der Waals surface area contributed by atoms with Crippen LogP contribution in [0, 0.1) is 0 Å². The summed E-state index contributed by atoms with van der Waals surface area (Å²) in [5.74, 6) is 0.561. The average molecular weight is 603 g/mol. The maximum Gasteiger partial charge on any atom is 0.330 e. The van der Waals surface area contributed by atoms with E-state index in [2.05, 4.69) is 6.92 Å². The molecule has 0 aliphatic carbocycles. The number of methoxy groups -OCH3 is 6. The van der Waals surface area contributed by atoms with Gasteiger partial charge in [0.05, 0.1) is 55.8 Å². The quantitative estimate of drug-likeness (QED) is 0.233. The lowest BCUT2D eigenvalue weighted by molar-refractivity contribution is -0.151. The van der Waals surface area contributed by atoms with Crippen molar-refractivity contribution in [1.82, 2.24) is 9.80 Å². The Morgan fingerprint density at radius 3 is 1.60 bits per heavy atom. The van der Waals surface area contributed by atoms with Crippen LogP contribution in [0.15, 0.2) is 24.3 Å². The molecule has 0 spiro atoms. The van der Waals surface area contributed by atoms with Crippen molar-refractivity contribution in [3.8, 4) is 34.5 Å². The van der Waals surface area contributed by atoms with Crippen molar-refractivity contribution >= 4 is 17.8 Å². The van der Waals surface area contributed by atoms with Crippen LogP contribution in [-0.4, -0.2) is 103 Å². The number of carbonyl (C=O) groups is 3. The van der Waals surface area contributed by atoms with E-state index >= 15 is 0 Å². The van der Waals surface area contributed by atoms with Gasteiger partial charge in [-0.15, -0.1) is 0 Å². The van der Waals surface area contributed by atoms with E-state index in [1.807, 2.05) is 0 Å². The molecule has 1 saturated heterocycles. The first kappa shape index (κ1) is 33.2. The lowest BCUT2D eigenvalue weighted by Crippen LogP contribution is -2.59. The first-order valence-electron chi connectivity index (χ1n) is 14.1. The number of esters is 1. The van der Waals surface area contributed by atoms with Gasteiger partial charge in [-0.25, -0.2) is 4.79 Å². The zero-order valence-corrected chi connectivity index (χ0v) is 26.0. The summed E-state index contributed by atoms with van der Waals surface area (Å²) in [6, 6.07) is 5.13. The molecule has 1 aliphatic heterocycles. The lowest BCUT2D eigenvalue weighted by Gasteiger charge is -2.40. The summed E-state index contributed by atoms with van der Waals surface area (Å²) in [5.41, 5.74) is 0.519. The second-order valence-electron chi connectivity index (χ2n) is 9.82. The molecule has 1 heterocycles. The van der Waals surface area contributed by atoms with Crippen LogP contribution in [0.1, 0.15) is 53.3 Å². The van der Waals surface area contributed by atoms with Gasteiger partial charge in [-0.1, -0.05) is 26.2 Å². The molecule has 0 N–H and O–H groups in total. The maximum atomic E-state index is 13.9. The van der Waals surface area contributed by atoms with E-state index in [1.165, 1.54) is 64.6 Å². The highest BCUT2D eigenvalue weighted by molar-refractivity contribution is 6.00. The van der Waals surface area contributed by atoms with Crippen LogP contribution < -0.4 is 28.4 Å². The third-order valence-corrected chi connectivity index (χ3v) is 7.27. The van der Waals surface area contributed by atoms with Gasteiger partial charge in [-0.2, -0.15) is 0 Å². The van der Waals surface area contributed by atoms with Crippen molar-refractivity contribution in [2.45, 2.75) is 38.6 Å². The molecule has 1 aliphatic rings. The summed E-state index contributed by atoms with van der Waals surface area (Å²) in [6.07, 6.45) is 3.71. The molecule has 1 fully saturated rings.